The van der Waals surface area contributed by atoms with Crippen LogP contribution in [0.25, 0.3) is 11.3 Å². The summed E-state index contributed by atoms with van der Waals surface area (Å²) in [5, 5.41) is 15.0. The van der Waals surface area contributed by atoms with Gasteiger partial charge in [-0.25, -0.2) is 0 Å². The Morgan fingerprint density at radius 2 is 1.68 bits per heavy atom. The molecular formula is C18H16F3N3O. The Hall–Kier alpha value is -2.67. The van der Waals surface area contributed by atoms with E-state index in [0.29, 0.717) is 0 Å². The zero-order valence-electron chi connectivity index (χ0n) is 13.4. The van der Waals surface area contributed by atoms with Crippen LogP contribution in [0.15, 0.2) is 61.1 Å². The summed E-state index contributed by atoms with van der Waals surface area (Å²) in [6.45, 7) is 1.49. The highest BCUT2D eigenvalue weighted by Crippen LogP contribution is 2.33. The maximum atomic E-state index is 12.9. The minimum atomic E-state index is -4.46. The summed E-state index contributed by atoms with van der Waals surface area (Å²) in [6.07, 6.45) is 0.396. The molecule has 7 heteroatoms. The van der Waals surface area contributed by atoms with Crippen LogP contribution in [0.5, 0.6) is 0 Å². The molecular weight excluding hydrogens is 331 g/mol. The van der Waals surface area contributed by atoms with Crippen LogP contribution in [0.1, 0.15) is 18.1 Å². The smallest absolute Gasteiger partial charge is 0.384 e. The summed E-state index contributed by atoms with van der Waals surface area (Å²) >= 11 is 0. The van der Waals surface area contributed by atoms with Crippen LogP contribution in [0.3, 0.4) is 0 Å². The molecule has 1 atom stereocenters. The van der Waals surface area contributed by atoms with Crippen LogP contribution in [0.2, 0.25) is 0 Å². The molecule has 0 aliphatic carbocycles. The fourth-order valence-corrected chi connectivity index (χ4v) is 2.64. The van der Waals surface area contributed by atoms with Gasteiger partial charge in [0, 0.05) is 24.2 Å². The number of nitrogens with zero attached hydrogens (tertiary/aromatic N) is 3. The van der Waals surface area contributed by atoms with E-state index in [9.17, 15) is 18.3 Å². The first-order valence-corrected chi connectivity index (χ1v) is 7.60. The van der Waals surface area contributed by atoms with Gasteiger partial charge in [-0.2, -0.15) is 18.3 Å². The van der Waals surface area contributed by atoms with Crippen molar-refractivity contribution < 1.29 is 18.3 Å². The zero-order valence-corrected chi connectivity index (χ0v) is 13.4. The molecule has 1 aromatic carbocycles. The van der Waals surface area contributed by atoms with Crippen molar-refractivity contribution in [3.05, 3.63) is 72.2 Å². The highest BCUT2D eigenvalue weighted by Gasteiger charge is 2.33. The Bertz CT molecular complexity index is 857. The van der Waals surface area contributed by atoms with Gasteiger partial charge in [0.15, 0.2) is 0 Å². The molecule has 0 aliphatic heterocycles. The molecule has 4 nitrogen and oxygen atoms in total. The van der Waals surface area contributed by atoms with Gasteiger partial charge in [0.2, 0.25) is 0 Å². The first-order valence-electron chi connectivity index (χ1n) is 7.60. The normalized spacial score (nSPS) is 14.3. The molecule has 0 amide bonds. The third-order valence-corrected chi connectivity index (χ3v) is 3.96. The van der Waals surface area contributed by atoms with Crippen molar-refractivity contribution in [1.29, 1.82) is 0 Å². The maximum absolute atomic E-state index is 12.9. The largest absolute Gasteiger partial charge is 0.416 e. The molecule has 1 unspecified atom stereocenters. The fourth-order valence-electron chi connectivity index (χ4n) is 2.64. The predicted octanol–water partition coefficient (Wildman–Crippen LogP) is 3.87. The van der Waals surface area contributed by atoms with Crippen molar-refractivity contribution in [1.82, 2.24) is 14.8 Å². The van der Waals surface area contributed by atoms with Gasteiger partial charge in [-0.3, -0.25) is 9.67 Å². The summed E-state index contributed by atoms with van der Waals surface area (Å²) in [7, 11) is 0. The third-order valence-electron chi connectivity index (χ3n) is 3.96. The number of aliphatic hydroxyl groups is 1. The predicted molar refractivity (Wildman–Crippen MR) is 86.5 cm³/mol. The lowest BCUT2D eigenvalue weighted by Crippen LogP contribution is -2.29. The third kappa shape index (κ3) is 3.71. The minimum absolute atomic E-state index is 0.0129. The van der Waals surface area contributed by atoms with Gasteiger partial charge in [-0.15, -0.1) is 0 Å². The standard InChI is InChI=1S/C18H16F3N3O/c1-17(25,14-3-2-4-15(11-14)18(19,20)21)12-24-16(7-10-23-24)13-5-8-22-9-6-13/h2-11,25H,12H2,1H3. The number of hydrogen-bond acceptors (Lipinski definition) is 3. The number of halogens is 3. The van der Waals surface area contributed by atoms with Crippen LogP contribution in [0, 0.1) is 0 Å². The Labute approximate surface area is 142 Å². The second-order valence-electron chi connectivity index (χ2n) is 5.96. The molecule has 0 aliphatic rings. The first-order chi connectivity index (χ1) is 11.8. The first kappa shape index (κ1) is 17.2. The van der Waals surface area contributed by atoms with Gasteiger partial charge in [0.05, 0.1) is 17.8 Å². The lowest BCUT2D eigenvalue weighted by atomic mass is 9.94. The highest BCUT2D eigenvalue weighted by atomic mass is 19.4. The molecule has 3 rings (SSSR count). The second kappa shape index (κ2) is 6.33. The van der Waals surface area contributed by atoms with Crippen LogP contribution in [0.4, 0.5) is 13.2 Å². The van der Waals surface area contributed by atoms with Crippen LogP contribution in [-0.2, 0) is 18.3 Å². The summed E-state index contributed by atoms with van der Waals surface area (Å²) in [6, 6.07) is 10.1. The summed E-state index contributed by atoms with van der Waals surface area (Å²) < 4.78 is 40.3. The van der Waals surface area contributed by atoms with Crippen molar-refractivity contribution in [3.8, 4) is 11.3 Å². The average molecular weight is 347 g/mol. The van der Waals surface area contributed by atoms with Gasteiger partial charge < -0.3 is 5.11 Å². The molecule has 130 valence electrons. The van der Waals surface area contributed by atoms with E-state index in [1.54, 1.807) is 41.5 Å². The van der Waals surface area contributed by atoms with Gasteiger partial charge in [-0.1, -0.05) is 12.1 Å². The Kier molecular flexibility index (Phi) is 4.34. The Morgan fingerprint density at radius 1 is 1.00 bits per heavy atom. The lowest BCUT2D eigenvalue weighted by Gasteiger charge is -2.25. The van der Waals surface area contributed by atoms with E-state index in [4.69, 9.17) is 0 Å². The number of hydrogen-bond donors (Lipinski definition) is 1. The second-order valence-corrected chi connectivity index (χ2v) is 5.96. The van der Waals surface area contributed by atoms with E-state index < -0.39 is 17.3 Å². The van der Waals surface area contributed by atoms with E-state index in [0.717, 1.165) is 23.4 Å². The fraction of sp³-hybridized carbons (Fsp3) is 0.222. The summed E-state index contributed by atoms with van der Waals surface area (Å²) in [4.78, 5) is 3.95. The van der Waals surface area contributed by atoms with Gasteiger partial charge in [0.25, 0.3) is 0 Å². The molecule has 3 aromatic rings. The van der Waals surface area contributed by atoms with Crippen LogP contribution >= 0.6 is 0 Å². The lowest BCUT2D eigenvalue weighted by molar-refractivity contribution is -0.137. The van der Waals surface area contributed by atoms with Crippen molar-refractivity contribution in [3.63, 3.8) is 0 Å². The Morgan fingerprint density at radius 3 is 2.36 bits per heavy atom. The van der Waals surface area contributed by atoms with Crippen LogP contribution in [-0.4, -0.2) is 19.9 Å². The summed E-state index contributed by atoms with van der Waals surface area (Å²) in [5.74, 6) is 0. The van der Waals surface area contributed by atoms with Gasteiger partial charge in [0.1, 0.15) is 5.60 Å². The molecule has 0 bridgehead atoms. The van der Waals surface area contributed by atoms with E-state index >= 15 is 0 Å². The van der Waals surface area contributed by atoms with Crippen molar-refractivity contribution >= 4 is 0 Å². The molecule has 25 heavy (non-hydrogen) atoms. The number of benzene rings is 1. The van der Waals surface area contributed by atoms with Crippen molar-refractivity contribution in [2.24, 2.45) is 0 Å². The Balaban J connectivity index is 1.92. The van der Waals surface area contributed by atoms with E-state index in [-0.39, 0.29) is 12.1 Å². The number of alkyl halides is 3. The SMILES string of the molecule is CC(O)(Cn1nccc1-c1ccncc1)c1cccc(C(F)(F)F)c1. The average Bonchev–Trinajstić information content (AvgIpc) is 3.02. The number of pyridine rings is 1. The molecule has 0 fully saturated rings. The highest BCUT2D eigenvalue weighted by molar-refractivity contribution is 5.58. The molecule has 0 spiro atoms. The molecule has 0 radical (unpaired) electrons. The topological polar surface area (TPSA) is 50.9 Å². The molecule has 0 saturated heterocycles. The molecule has 0 saturated carbocycles. The van der Waals surface area contributed by atoms with E-state index in [2.05, 4.69) is 10.1 Å². The van der Waals surface area contributed by atoms with Crippen molar-refractivity contribution in [2.45, 2.75) is 25.2 Å². The summed E-state index contributed by atoms with van der Waals surface area (Å²) in [5.41, 5.74) is -0.532. The van der Waals surface area contributed by atoms with Gasteiger partial charge >= 0.3 is 6.18 Å². The number of aromatic nitrogens is 3. The molecule has 1 N–H and O–H groups in total. The van der Waals surface area contributed by atoms with Gasteiger partial charge in [-0.05, 0) is 42.8 Å². The molecule has 2 heterocycles. The monoisotopic (exact) mass is 347 g/mol. The zero-order chi connectivity index (χ0) is 18.1. The maximum Gasteiger partial charge on any atom is 0.416 e. The quantitative estimate of drug-likeness (QED) is 0.779. The van der Waals surface area contributed by atoms with Crippen LogP contribution < -0.4 is 0 Å². The minimum Gasteiger partial charge on any atom is -0.384 e. The number of rotatable bonds is 4. The van der Waals surface area contributed by atoms with E-state index in [1.807, 2.05) is 0 Å². The molecule has 2 aromatic heterocycles. The van der Waals surface area contributed by atoms with E-state index in [1.165, 1.54) is 19.1 Å². The van der Waals surface area contributed by atoms with Crippen molar-refractivity contribution in [2.75, 3.05) is 0 Å².